The number of anilines is 2. The van der Waals surface area contributed by atoms with E-state index in [0.29, 0.717) is 22.0 Å². The number of quaternary nitrogens is 1. The number of nitrogens with one attached hydrogen (secondary N) is 4. The molecule has 12 heteroatoms. The van der Waals surface area contributed by atoms with Gasteiger partial charge in [0.25, 0.3) is 27.7 Å². The van der Waals surface area contributed by atoms with Crippen LogP contribution in [0.25, 0.3) is 0 Å². The number of hydrogen-bond acceptors (Lipinski definition) is 7. The largest absolute Gasteiger partial charge is 0.321 e. The molecule has 11 nitrogen and oxygen atoms in total. The van der Waals surface area contributed by atoms with Crippen LogP contribution in [0.2, 0.25) is 0 Å². The highest BCUT2D eigenvalue weighted by Crippen LogP contribution is 2.17. The summed E-state index contributed by atoms with van der Waals surface area (Å²) in [4.78, 5) is 43.5. The fourth-order valence-corrected chi connectivity index (χ4v) is 3.93. The van der Waals surface area contributed by atoms with Crippen LogP contribution in [0.15, 0.2) is 35.2 Å². The third-order valence-electron chi connectivity index (χ3n) is 4.17. The number of piperazine rings is 1. The van der Waals surface area contributed by atoms with Gasteiger partial charge in [-0.3, -0.25) is 19.7 Å². The van der Waals surface area contributed by atoms with Gasteiger partial charge in [-0.2, -0.15) is 0 Å². The van der Waals surface area contributed by atoms with Crippen LogP contribution in [-0.4, -0.2) is 55.7 Å². The SMILES string of the molecule is Cc1cc(C)nc(NS(=O)(=O)c2ccc(NC(=O)C[NH+]3CC(=O)NC(=O)C3)cc2)n1. The van der Waals surface area contributed by atoms with Crippen LogP contribution < -0.4 is 20.3 Å². The van der Waals surface area contributed by atoms with Crippen molar-refractivity contribution in [3.05, 3.63) is 41.7 Å². The molecule has 1 saturated heterocycles. The number of amides is 3. The van der Waals surface area contributed by atoms with Gasteiger partial charge in [0.2, 0.25) is 5.95 Å². The minimum absolute atomic E-state index is 0.0204. The van der Waals surface area contributed by atoms with Crippen molar-refractivity contribution in [3.63, 3.8) is 0 Å². The van der Waals surface area contributed by atoms with E-state index in [1.54, 1.807) is 19.9 Å². The van der Waals surface area contributed by atoms with Crippen LogP contribution in [0.5, 0.6) is 0 Å². The molecule has 0 unspecified atom stereocenters. The quantitative estimate of drug-likeness (QED) is 0.399. The standard InChI is InChI=1S/C18H20N6O5S/c1-11-7-12(2)20-18(19-11)23-30(28,29)14-5-3-13(4-6-14)21-15(25)8-24-9-16(26)22-17(27)10-24/h3-7H,8-10H2,1-2H3,(H,21,25)(H,19,20,23)(H,22,26,27)/p+1. The summed E-state index contributed by atoms with van der Waals surface area (Å²) < 4.78 is 27.4. The van der Waals surface area contributed by atoms with Crippen LogP contribution in [-0.2, 0) is 24.4 Å². The lowest BCUT2D eigenvalue weighted by Gasteiger charge is -2.21. The molecule has 1 aromatic heterocycles. The average Bonchev–Trinajstić information content (AvgIpc) is 2.59. The maximum Gasteiger partial charge on any atom is 0.281 e. The monoisotopic (exact) mass is 433 g/mol. The summed E-state index contributed by atoms with van der Waals surface area (Å²) in [6.07, 6.45) is 0. The minimum atomic E-state index is -3.90. The lowest BCUT2D eigenvalue weighted by molar-refractivity contribution is -0.877. The normalized spacial score (nSPS) is 14.9. The molecule has 0 spiro atoms. The first-order chi connectivity index (χ1) is 14.1. The van der Waals surface area contributed by atoms with Crippen molar-refractivity contribution in [2.45, 2.75) is 18.7 Å². The molecule has 2 heterocycles. The Labute approximate surface area is 172 Å². The predicted molar refractivity (Wildman–Crippen MR) is 106 cm³/mol. The summed E-state index contributed by atoms with van der Waals surface area (Å²) in [7, 11) is -3.90. The Morgan fingerprint density at radius 2 is 1.63 bits per heavy atom. The van der Waals surface area contributed by atoms with Crippen molar-refractivity contribution in [1.29, 1.82) is 0 Å². The van der Waals surface area contributed by atoms with E-state index < -0.39 is 27.7 Å². The highest BCUT2D eigenvalue weighted by molar-refractivity contribution is 7.92. The highest BCUT2D eigenvalue weighted by atomic mass is 32.2. The molecule has 2 aromatic rings. The number of carbonyl (C=O) groups excluding carboxylic acids is 3. The number of aromatic nitrogens is 2. The molecule has 0 saturated carbocycles. The molecular weight excluding hydrogens is 412 g/mol. The Kier molecular flexibility index (Phi) is 6.08. The lowest BCUT2D eigenvalue weighted by atomic mass is 10.3. The van der Waals surface area contributed by atoms with Gasteiger partial charge in [0, 0.05) is 17.1 Å². The van der Waals surface area contributed by atoms with Gasteiger partial charge in [-0.05, 0) is 44.2 Å². The van der Waals surface area contributed by atoms with Gasteiger partial charge in [-0.25, -0.2) is 23.1 Å². The first-order valence-electron chi connectivity index (χ1n) is 9.02. The number of aryl methyl sites for hydroxylation is 2. The van der Waals surface area contributed by atoms with Crippen molar-refractivity contribution in [2.75, 3.05) is 29.7 Å². The Hall–Kier alpha value is -3.38. The van der Waals surface area contributed by atoms with Gasteiger partial charge in [-0.15, -0.1) is 0 Å². The predicted octanol–water partition coefficient (Wildman–Crippen LogP) is -1.63. The van der Waals surface area contributed by atoms with E-state index in [1.165, 1.54) is 24.3 Å². The molecule has 1 aliphatic heterocycles. The molecule has 4 N–H and O–H groups in total. The van der Waals surface area contributed by atoms with E-state index in [0.717, 1.165) is 0 Å². The molecule has 1 aliphatic rings. The zero-order chi connectivity index (χ0) is 21.9. The van der Waals surface area contributed by atoms with Gasteiger partial charge < -0.3 is 10.2 Å². The third-order valence-corrected chi connectivity index (χ3v) is 5.51. The van der Waals surface area contributed by atoms with Crippen LogP contribution in [0, 0.1) is 13.8 Å². The topological polar surface area (TPSA) is 152 Å². The van der Waals surface area contributed by atoms with Gasteiger partial charge in [0.15, 0.2) is 19.6 Å². The van der Waals surface area contributed by atoms with Gasteiger partial charge >= 0.3 is 0 Å². The molecule has 0 atom stereocenters. The Bertz CT molecular complexity index is 1060. The second kappa shape index (κ2) is 8.55. The summed E-state index contributed by atoms with van der Waals surface area (Å²) in [5, 5.41) is 4.79. The van der Waals surface area contributed by atoms with Crippen molar-refractivity contribution in [1.82, 2.24) is 15.3 Å². The summed E-state index contributed by atoms with van der Waals surface area (Å²) in [6.45, 7) is 3.46. The zero-order valence-corrected chi connectivity index (χ0v) is 17.2. The number of sulfonamides is 1. The second-order valence-electron chi connectivity index (χ2n) is 6.90. The molecule has 0 bridgehead atoms. The lowest BCUT2D eigenvalue weighted by Crippen LogP contribution is -3.17. The van der Waals surface area contributed by atoms with E-state index in [4.69, 9.17) is 0 Å². The van der Waals surface area contributed by atoms with Crippen molar-refractivity contribution < 1.29 is 27.7 Å². The Morgan fingerprint density at radius 1 is 1.07 bits per heavy atom. The fraction of sp³-hybridized carbons (Fsp3) is 0.278. The first kappa shape index (κ1) is 21.3. The van der Waals surface area contributed by atoms with Crippen LogP contribution in [0.3, 0.4) is 0 Å². The molecule has 1 fully saturated rings. The molecular formula is C18H21N6O5S+. The molecule has 30 heavy (non-hydrogen) atoms. The zero-order valence-electron chi connectivity index (χ0n) is 16.4. The first-order valence-corrected chi connectivity index (χ1v) is 10.5. The number of carbonyl (C=O) groups is 3. The van der Waals surface area contributed by atoms with Crippen molar-refractivity contribution >= 4 is 39.4 Å². The summed E-state index contributed by atoms with van der Waals surface area (Å²) in [5.74, 6) is -1.27. The van der Waals surface area contributed by atoms with E-state index in [9.17, 15) is 22.8 Å². The maximum absolute atomic E-state index is 12.5. The molecule has 0 aliphatic carbocycles. The van der Waals surface area contributed by atoms with E-state index in [2.05, 4.69) is 25.3 Å². The van der Waals surface area contributed by atoms with Crippen LogP contribution >= 0.6 is 0 Å². The van der Waals surface area contributed by atoms with Crippen molar-refractivity contribution in [2.24, 2.45) is 0 Å². The van der Waals surface area contributed by atoms with Crippen LogP contribution in [0.1, 0.15) is 11.4 Å². The number of benzene rings is 1. The van der Waals surface area contributed by atoms with E-state index in [-0.39, 0.29) is 30.5 Å². The smallest absolute Gasteiger partial charge is 0.281 e. The molecule has 0 radical (unpaired) electrons. The summed E-state index contributed by atoms with van der Waals surface area (Å²) in [6, 6.07) is 7.29. The number of imide groups is 1. The summed E-state index contributed by atoms with van der Waals surface area (Å²) >= 11 is 0. The second-order valence-corrected chi connectivity index (χ2v) is 8.59. The van der Waals surface area contributed by atoms with Gasteiger partial charge in [-0.1, -0.05) is 0 Å². The Morgan fingerprint density at radius 3 is 2.20 bits per heavy atom. The highest BCUT2D eigenvalue weighted by Gasteiger charge is 2.27. The van der Waals surface area contributed by atoms with E-state index >= 15 is 0 Å². The molecule has 158 valence electrons. The average molecular weight is 433 g/mol. The number of rotatable bonds is 6. The number of hydrogen-bond donors (Lipinski definition) is 4. The minimum Gasteiger partial charge on any atom is -0.321 e. The third kappa shape index (κ3) is 5.58. The number of nitrogens with zero attached hydrogens (tertiary/aromatic N) is 2. The summed E-state index contributed by atoms with van der Waals surface area (Å²) in [5.41, 5.74) is 1.65. The molecule has 1 aromatic carbocycles. The van der Waals surface area contributed by atoms with E-state index in [1.807, 2.05) is 0 Å². The van der Waals surface area contributed by atoms with Gasteiger partial charge in [0.1, 0.15) is 0 Å². The molecule has 3 amide bonds. The van der Waals surface area contributed by atoms with Crippen LogP contribution in [0.4, 0.5) is 11.6 Å². The fourth-order valence-electron chi connectivity index (χ4n) is 2.99. The Balaban J connectivity index is 1.63. The maximum atomic E-state index is 12.5. The molecule has 3 rings (SSSR count). The van der Waals surface area contributed by atoms with Crippen molar-refractivity contribution in [3.8, 4) is 0 Å². The van der Waals surface area contributed by atoms with Gasteiger partial charge in [0.05, 0.1) is 4.90 Å².